The van der Waals surface area contributed by atoms with Crippen molar-refractivity contribution in [2.75, 3.05) is 11.9 Å². The fourth-order valence-corrected chi connectivity index (χ4v) is 3.76. The SMILES string of the molecule is CCOC(=O)c1c(NC(=O)c2nn3ccccc3c2Cl)sc(C)c1C. The van der Waals surface area contributed by atoms with Gasteiger partial charge in [0, 0.05) is 11.1 Å². The number of aromatic nitrogens is 2. The van der Waals surface area contributed by atoms with E-state index in [-0.39, 0.29) is 17.3 Å². The van der Waals surface area contributed by atoms with Crippen LogP contribution in [0.1, 0.15) is 38.2 Å². The molecule has 0 saturated heterocycles. The van der Waals surface area contributed by atoms with Gasteiger partial charge in [0.05, 0.1) is 22.7 Å². The van der Waals surface area contributed by atoms with E-state index in [1.165, 1.54) is 15.9 Å². The number of hydrogen-bond donors (Lipinski definition) is 1. The van der Waals surface area contributed by atoms with Gasteiger partial charge in [0.1, 0.15) is 5.00 Å². The minimum absolute atomic E-state index is 0.103. The molecule has 3 heterocycles. The Balaban J connectivity index is 1.96. The number of anilines is 1. The van der Waals surface area contributed by atoms with Crippen LogP contribution in [-0.4, -0.2) is 28.1 Å². The molecule has 0 aliphatic rings. The Hall–Kier alpha value is -2.38. The summed E-state index contributed by atoms with van der Waals surface area (Å²) in [6.07, 6.45) is 1.71. The first-order valence-corrected chi connectivity index (χ1v) is 8.84. The maximum atomic E-state index is 12.6. The van der Waals surface area contributed by atoms with Crippen molar-refractivity contribution in [1.82, 2.24) is 9.61 Å². The first-order chi connectivity index (χ1) is 11.9. The topological polar surface area (TPSA) is 72.7 Å². The number of aryl methyl sites for hydroxylation is 1. The molecule has 0 fully saturated rings. The van der Waals surface area contributed by atoms with Gasteiger partial charge in [-0.05, 0) is 38.5 Å². The highest BCUT2D eigenvalue weighted by atomic mass is 35.5. The number of halogens is 1. The molecule has 0 radical (unpaired) electrons. The lowest BCUT2D eigenvalue weighted by molar-refractivity contribution is 0.0527. The van der Waals surface area contributed by atoms with E-state index in [0.717, 1.165) is 10.4 Å². The fourth-order valence-electron chi connectivity index (χ4n) is 2.44. The van der Waals surface area contributed by atoms with Crippen molar-refractivity contribution in [2.24, 2.45) is 0 Å². The quantitative estimate of drug-likeness (QED) is 0.695. The summed E-state index contributed by atoms with van der Waals surface area (Å²) in [4.78, 5) is 25.8. The van der Waals surface area contributed by atoms with Crippen LogP contribution in [0.15, 0.2) is 24.4 Å². The first kappa shape index (κ1) is 17.4. The van der Waals surface area contributed by atoms with Gasteiger partial charge in [-0.2, -0.15) is 5.10 Å². The van der Waals surface area contributed by atoms with Crippen LogP contribution in [0.2, 0.25) is 5.02 Å². The molecule has 0 spiro atoms. The zero-order valence-electron chi connectivity index (χ0n) is 13.9. The van der Waals surface area contributed by atoms with Crippen LogP contribution in [-0.2, 0) is 4.74 Å². The van der Waals surface area contributed by atoms with Crippen molar-refractivity contribution in [3.05, 3.63) is 51.1 Å². The van der Waals surface area contributed by atoms with Gasteiger partial charge in [-0.3, -0.25) is 4.79 Å². The summed E-state index contributed by atoms with van der Waals surface area (Å²) >= 11 is 7.59. The molecule has 130 valence electrons. The maximum absolute atomic E-state index is 12.6. The number of ether oxygens (including phenoxy) is 1. The third-order valence-electron chi connectivity index (χ3n) is 3.79. The van der Waals surface area contributed by atoms with Crippen LogP contribution in [0.5, 0.6) is 0 Å². The number of nitrogens with one attached hydrogen (secondary N) is 1. The molecule has 1 amide bonds. The van der Waals surface area contributed by atoms with Crippen LogP contribution in [0.25, 0.3) is 5.52 Å². The lowest BCUT2D eigenvalue weighted by Crippen LogP contribution is -2.15. The van der Waals surface area contributed by atoms with Crippen LogP contribution in [0.4, 0.5) is 5.00 Å². The van der Waals surface area contributed by atoms with Crippen LogP contribution in [0, 0.1) is 13.8 Å². The average molecular weight is 378 g/mol. The van der Waals surface area contributed by atoms with Crippen molar-refractivity contribution in [2.45, 2.75) is 20.8 Å². The van der Waals surface area contributed by atoms with E-state index in [2.05, 4.69) is 10.4 Å². The molecule has 0 saturated carbocycles. The number of amides is 1. The molecule has 8 heteroatoms. The number of carbonyl (C=O) groups excluding carboxylic acids is 2. The largest absolute Gasteiger partial charge is 0.462 e. The first-order valence-electron chi connectivity index (χ1n) is 7.65. The van der Waals surface area contributed by atoms with Gasteiger partial charge < -0.3 is 10.1 Å². The van der Waals surface area contributed by atoms with Crippen LogP contribution < -0.4 is 5.32 Å². The third-order valence-corrected chi connectivity index (χ3v) is 5.28. The Bertz CT molecular complexity index is 977. The molecule has 25 heavy (non-hydrogen) atoms. The second-order valence-electron chi connectivity index (χ2n) is 5.36. The van der Waals surface area contributed by atoms with Gasteiger partial charge in [-0.25, -0.2) is 9.31 Å². The molecule has 0 unspecified atom stereocenters. The van der Waals surface area contributed by atoms with Gasteiger partial charge >= 0.3 is 5.97 Å². The minimum Gasteiger partial charge on any atom is -0.462 e. The molecule has 3 aromatic rings. The number of fused-ring (bicyclic) bond motifs is 1. The molecule has 3 aromatic heterocycles. The van der Waals surface area contributed by atoms with Crippen LogP contribution in [0.3, 0.4) is 0 Å². The van der Waals surface area contributed by atoms with E-state index in [1.807, 2.05) is 19.9 Å². The van der Waals surface area contributed by atoms with E-state index >= 15 is 0 Å². The Morgan fingerprint density at radius 2 is 2.12 bits per heavy atom. The number of esters is 1. The second-order valence-corrected chi connectivity index (χ2v) is 6.96. The smallest absolute Gasteiger partial charge is 0.341 e. The predicted molar refractivity (Wildman–Crippen MR) is 97.9 cm³/mol. The Kier molecular flexibility index (Phi) is 4.78. The van der Waals surface area contributed by atoms with E-state index in [0.29, 0.717) is 16.1 Å². The molecule has 0 aliphatic carbocycles. The molecule has 1 N–H and O–H groups in total. The van der Waals surface area contributed by atoms with Crippen LogP contribution >= 0.6 is 22.9 Å². The molecule has 0 bridgehead atoms. The molecule has 6 nitrogen and oxygen atoms in total. The van der Waals surface area contributed by atoms with Crippen molar-refractivity contribution in [3.63, 3.8) is 0 Å². The van der Waals surface area contributed by atoms with E-state index < -0.39 is 11.9 Å². The van der Waals surface area contributed by atoms with E-state index in [9.17, 15) is 9.59 Å². The van der Waals surface area contributed by atoms with E-state index in [4.69, 9.17) is 16.3 Å². The summed E-state index contributed by atoms with van der Waals surface area (Å²) in [7, 11) is 0. The number of pyridine rings is 1. The molecular formula is C17H16ClN3O3S. The zero-order valence-corrected chi connectivity index (χ0v) is 15.5. The normalized spacial score (nSPS) is 10.9. The minimum atomic E-state index is -0.472. The lowest BCUT2D eigenvalue weighted by Gasteiger charge is -2.06. The van der Waals surface area contributed by atoms with E-state index in [1.54, 1.807) is 25.3 Å². The second kappa shape index (κ2) is 6.85. The van der Waals surface area contributed by atoms with Crippen molar-refractivity contribution >= 4 is 45.3 Å². The van der Waals surface area contributed by atoms with Crippen molar-refractivity contribution in [1.29, 1.82) is 0 Å². The van der Waals surface area contributed by atoms with Gasteiger partial charge in [0.2, 0.25) is 0 Å². The molecule has 0 aromatic carbocycles. The van der Waals surface area contributed by atoms with Gasteiger partial charge in [-0.1, -0.05) is 17.7 Å². The van der Waals surface area contributed by atoms with Crippen molar-refractivity contribution in [3.8, 4) is 0 Å². The number of carbonyl (C=O) groups is 2. The Labute approximate surface area is 153 Å². The summed E-state index contributed by atoms with van der Waals surface area (Å²) in [5.41, 5.74) is 1.90. The monoisotopic (exact) mass is 377 g/mol. The van der Waals surface area contributed by atoms with Gasteiger partial charge in [0.15, 0.2) is 5.69 Å². The van der Waals surface area contributed by atoms with Gasteiger partial charge in [0.25, 0.3) is 5.91 Å². The molecule has 0 atom stereocenters. The van der Waals surface area contributed by atoms with Crippen molar-refractivity contribution < 1.29 is 14.3 Å². The molecule has 0 aliphatic heterocycles. The highest BCUT2D eigenvalue weighted by molar-refractivity contribution is 7.16. The lowest BCUT2D eigenvalue weighted by atomic mass is 10.1. The number of hydrogen-bond acceptors (Lipinski definition) is 5. The highest BCUT2D eigenvalue weighted by Crippen LogP contribution is 2.34. The zero-order chi connectivity index (χ0) is 18.1. The standard InChI is InChI=1S/C17H16ClN3O3S/c1-4-24-17(23)12-9(2)10(3)25-16(12)19-15(22)14-13(18)11-7-5-6-8-21(11)20-14/h5-8H,4H2,1-3H3,(H,19,22). The Morgan fingerprint density at radius 3 is 2.80 bits per heavy atom. The number of rotatable bonds is 4. The fraction of sp³-hybridized carbons (Fsp3) is 0.235. The molecular weight excluding hydrogens is 362 g/mol. The number of thiophene rings is 1. The molecule has 3 rings (SSSR count). The average Bonchev–Trinajstić information content (AvgIpc) is 3.06. The predicted octanol–water partition coefficient (Wildman–Crippen LogP) is 4.10. The maximum Gasteiger partial charge on any atom is 0.341 e. The summed E-state index contributed by atoms with van der Waals surface area (Å²) in [6.45, 7) is 5.71. The third kappa shape index (κ3) is 3.12. The van der Waals surface area contributed by atoms with Gasteiger partial charge in [-0.15, -0.1) is 11.3 Å². The highest BCUT2D eigenvalue weighted by Gasteiger charge is 2.24. The number of nitrogens with zero attached hydrogens (tertiary/aromatic N) is 2. The summed E-state index contributed by atoms with van der Waals surface area (Å²) in [5, 5.41) is 7.66. The Morgan fingerprint density at radius 1 is 1.36 bits per heavy atom. The summed E-state index contributed by atoms with van der Waals surface area (Å²) in [6, 6.07) is 5.38. The summed E-state index contributed by atoms with van der Waals surface area (Å²) < 4.78 is 6.63. The summed E-state index contributed by atoms with van der Waals surface area (Å²) in [5.74, 6) is -0.929.